The highest BCUT2D eigenvalue weighted by molar-refractivity contribution is 14.1. The third kappa shape index (κ3) is 2.97. The van der Waals surface area contributed by atoms with Crippen molar-refractivity contribution in [2.75, 3.05) is 31.9 Å². The molecule has 0 radical (unpaired) electrons. The largest absolute Gasteiger partial charge is 0.497 e. The van der Waals surface area contributed by atoms with Gasteiger partial charge in [-0.2, -0.15) is 0 Å². The first-order valence-corrected chi connectivity index (χ1v) is 9.42. The summed E-state index contributed by atoms with van der Waals surface area (Å²) in [7, 11) is 3.24. The normalized spacial score (nSPS) is 25.5. The van der Waals surface area contributed by atoms with E-state index < -0.39 is 5.79 Å². The van der Waals surface area contributed by atoms with Gasteiger partial charge in [0.15, 0.2) is 5.79 Å². The molecule has 2 heterocycles. The summed E-state index contributed by atoms with van der Waals surface area (Å²) in [6.45, 7) is 3.46. The smallest absolute Gasteiger partial charge is 0.233 e. The molecule has 2 unspecified atom stereocenters. The van der Waals surface area contributed by atoms with Crippen LogP contribution in [0.15, 0.2) is 18.2 Å². The zero-order chi connectivity index (χ0) is 17.3. The van der Waals surface area contributed by atoms with Crippen molar-refractivity contribution in [2.24, 2.45) is 5.92 Å². The minimum absolute atomic E-state index is 0.0685. The molecule has 0 aromatic heterocycles. The van der Waals surface area contributed by atoms with E-state index in [1.54, 1.807) is 14.2 Å². The Balaban J connectivity index is 1.78. The van der Waals surface area contributed by atoms with E-state index in [0.717, 1.165) is 21.5 Å². The van der Waals surface area contributed by atoms with E-state index in [1.165, 1.54) is 0 Å². The highest BCUT2D eigenvalue weighted by Crippen LogP contribution is 2.42. The molecule has 7 heteroatoms. The van der Waals surface area contributed by atoms with Gasteiger partial charge in [-0.3, -0.25) is 4.79 Å². The van der Waals surface area contributed by atoms with E-state index in [0.29, 0.717) is 19.8 Å². The van der Waals surface area contributed by atoms with Crippen molar-refractivity contribution in [1.82, 2.24) is 4.90 Å². The molecule has 2 aliphatic rings. The van der Waals surface area contributed by atoms with E-state index in [1.807, 2.05) is 30.0 Å². The molecule has 1 aromatic rings. The number of nitrogens with zero attached hydrogens (tertiary/aromatic N) is 1. The highest BCUT2D eigenvalue weighted by atomic mass is 127. The summed E-state index contributed by atoms with van der Waals surface area (Å²) in [5, 5.41) is 0. The predicted molar refractivity (Wildman–Crippen MR) is 96.6 cm³/mol. The maximum atomic E-state index is 12.7. The van der Waals surface area contributed by atoms with Crippen molar-refractivity contribution in [3.05, 3.63) is 23.8 Å². The average molecular weight is 447 g/mol. The number of amides is 1. The summed E-state index contributed by atoms with van der Waals surface area (Å²) >= 11 is 2.31. The fourth-order valence-corrected chi connectivity index (χ4v) is 4.41. The predicted octanol–water partition coefficient (Wildman–Crippen LogP) is 2.23. The molecule has 2 aliphatic heterocycles. The van der Waals surface area contributed by atoms with E-state index in [4.69, 9.17) is 18.9 Å². The molecule has 0 N–H and O–H groups in total. The van der Waals surface area contributed by atoms with Crippen LogP contribution >= 0.6 is 22.6 Å². The number of rotatable bonds is 6. The van der Waals surface area contributed by atoms with Crippen molar-refractivity contribution in [2.45, 2.75) is 25.3 Å². The van der Waals surface area contributed by atoms with Gasteiger partial charge in [0, 0.05) is 22.6 Å². The molecule has 0 bridgehead atoms. The number of carbonyl (C=O) groups excluding carboxylic acids is 1. The van der Waals surface area contributed by atoms with Crippen molar-refractivity contribution in [3.63, 3.8) is 0 Å². The third-order valence-corrected chi connectivity index (χ3v) is 5.66. The van der Waals surface area contributed by atoms with Crippen LogP contribution in [-0.4, -0.2) is 54.5 Å². The second-order valence-corrected chi connectivity index (χ2v) is 6.94. The molecule has 0 aliphatic carbocycles. The fourth-order valence-electron chi connectivity index (χ4n) is 3.42. The SMILES string of the molecule is COc1ccc(CN2C(=O)C(C3(C)OCCO3)C2CI)c(OC)c1. The van der Waals surface area contributed by atoms with Gasteiger partial charge >= 0.3 is 0 Å². The Hall–Kier alpha value is -1.06. The van der Waals surface area contributed by atoms with Gasteiger partial charge in [0.1, 0.15) is 17.4 Å². The number of ether oxygens (including phenoxy) is 4. The highest BCUT2D eigenvalue weighted by Gasteiger charge is 2.58. The number of likely N-dealkylation sites (tertiary alicyclic amines) is 1. The van der Waals surface area contributed by atoms with Crippen LogP contribution in [0.5, 0.6) is 11.5 Å². The topological polar surface area (TPSA) is 57.2 Å². The minimum Gasteiger partial charge on any atom is -0.497 e. The Kier molecular flexibility index (Phi) is 5.22. The lowest BCUT2D eigenvalue weighted by Crippen LogP contribution is -2.68. The van der Waals surface area contributed by atoms with Gasteiger partial charge in [-0.1, -0.05) is 22.6 Å². The van der Waals surface area contributed by atoms with Crippen LogP contribution in [0.1, 0.15) is 12.5 Å². The lowest BCUT2D eigenvalue weighted by molar-refractivity contribution is -0.226. The maximum absolute atomic E-state index is 12.7. The summed E-state index contributed by atoms with van der Waals surface area (Å²) in [5.41, 5.74) is 0.957. The van der Waals surface area contributed by atoms with Crippen LogP contribution in [0, 0.1) is 5.92 Å². The number of hydrogen-bond donors (Lipinski definition) is 0. The summed E-state index contributed by atoms with van der Waals surface area (Å²) in [6.07, 6.45) is 0. The number of alkyl halides is 1. The Labute approximate surface area is 155 Å². The van der Waals surface area contributed by atoms with Crippen LogP contribution < -0.4 is 9.47 Å². The monoisotopic (exact) mass is 447 g/mol. The van der Waals surface area contributed by atoms with Crippen LogP contribution in [0.25, 0.3) is 0 Å². The van der Waals surface area contributed by atoms with Gasteiger partial charge in [0.25, 0.3) is 0 Å². The van der Waals surface area contributed by atoms with Gasteiger partial charge in [0.2, 0.25) is 5.91 Å². The number of hydrogen-bond acceptors (Lipinski definition) is 5. The number of benzene rings is 1. The second kappa shape index (κ2) is 7.05. The molecule has 2 fully saturated rings. The number of carbonyl (C=O) groups is 1. The van der Waals surface area contributed by atoms with Gasteiger partial charge < -0.3 is 23.8 Å². The standard InChI is InChI=1S/C17H22INO5/c1-17(23-6-7-24-17)15-13(9-18)19(16(15)20)10-11-4-5-12(21-2)8-14(11)22-3/h4-5,8,13,15H,6-7,9-10H2,1-3H3. The Morgan fingerprint density at radius 3 is 2.58 bits per heavy atom. The molecular formula is C17H22INO5. The molecule has 1 amide bonds. The number of methoxy groups -OCH3 is 2. The molecule has 3 rings (SSSR count). The van der Waals surface area contributed by atoms with E-state index in [-0.39, 0.29) is 17.9 Å². The van der Waals surface area contributed by atoms with E-state index in [2.05, 4.69) is 22.6 Å². The second-order valence-electron chi connectivity index (χ2n) is 6.06. The van der Waals surface area contributed by atoms with Crippen LogP contribution in [-0.2, 0) is 20.8 Å². The molecular weight excluding hydrogens is 425 g/mol. The first kappa shape index (κ1) is 17.8. The lowest BCUT2D eigenvalue weighted by Gasteiger charge is -2.51. The van der Waals surface area contributed by atoms with E-state index in [9.17, 15) is 4.79 Å². The summed E-state index contributed by atoms with van der Waals surface area (Å²) in [4.78, 5) is 14.6. The fraction of sp³-hybridized carbons (Fsp3) is 0.588. The Morgan fingerprint density at radius 2 is 2.00 bits per heavy atom. The first-order chi connectivity index (χ1) is 11.5. The lowest BCUT2D eigenvalue weighted by atomic mass is 9.81. The van der Waals surface area contributed by atoms with Crippen LogP contribution in [0.3, 0.4) is 0 Å². The van der Waals surface area contributed by atoms with Crippen molar-refractivity contribution < 1.29 is 23.7 Å². The quantitative estimate of drug-likeness (QED) is 0.381. The molecule has 0 spiro atoms. The van der Waals surface area contributed by atoms with Crippen LogP contribution in [0.2, 0.25) is 0 Å². The van der Waals surface area contributed by atoms with Crippen molar-refractivity contribution in [3.8, 4) is 11.5 Å². The first-order valence-electron chi connectivity index (χ1n) is 7.89. The third-order valence-electron chi connectivity index (χ3n) is 4.75. The zero-order valence-corrected chi connectivity index (χ0v) is 16.2. The van der Waals surface area contributed by atoms with E-state index >= 15 is 0 Å². The number of halogens is 1. The maximum Gasteiger partial charge on any atom is 0.233 e. The summed E-state index contributed by atoms with van der Waals surface area (Å²) in [6, 6.07) is 5.74. The molecule has 2 atom stereocenters. The van der Waals surface area contributed by atoms with Crippen molar-refractivity contribution >= 4 is 28.5 Å². The van der Waals surface area contributed by atoms with Gasteiger partial charge in [0.05, 0.1) is 33.5 Å². The summed E-state index contributed by atoms with van der Waals surface area (Å²) in [5.74, 6) is 0.472. The van der Waals surface area contributed by atoms with Gasteiger partial charge in [-0.05, 0) is 19.1 Å². The number of β-lactam (4-membered cyclic amide) rings is 1. The summed E-state index contributed by atoms with van der Waals surface area (Å²) < 4.78 is 22.9. The molecule has 2 saturated heterocycles. The average Bonchev–Trinajstić information content (AvgIpc) is 3.03. The molecule has 24 heavy (non-hydrogen) atoms. The van der Waals surface area contributed by atoms with Crippen LogP contribution in [0.4, 0.5) is 0 Å². The van der Waals surface area contributed by atoms with Crippen molar-refractivity contribution in [1.29, 1.82) is 0 Å². The Bertz CT molecular complexity index is 617. The van der Waals surface area contributed by atoms with Gasteiger partial charge in [-0.25, -0.2) is 0 Å². The minimum atomic E-state index is -0.798. The molecule has 1 aromatic carbocycles. The molecule has 6 nitrogen and oxygen atoms in total. The molecule has 132 valence electrons. The zero-order valence-electron chi connectivity index (χ0n) is 14.1. The Morgan fingerprint density at radius 1 is 1.29 bits per heavy atom. The van der Waals surface area contributed by atoms with Gasteiger partial charge in [-0.15, -0.1) is 0 Å². The molecule has 0 saturated carbocycles.